The number of esters is 1. The highest BCUT2D eigenvalue weighted by atomic mass is 16.5. The van der Waals surface area contributed by atoms with Gasteiger partial charge in [-0.1, -0.05) is 18.2 Å². The summed E-state index contributed by atoms with van der Waals surface area (Å²) in [5.74, 6) is -0.376. The molecule has 76 valence electrons. The van der Waals surface area contributed by atoms with Gasteiger partial charge in [-0.15, -0.1) is 0 Å². The van der Waals surface area contributed by atoms with Crippen LogP contribution in [0, 0.1) is 0 Å². The van der Waals surface area contributed by atoms with Gasteiger partial charge in [0.15, 0.2) is 0 Å². The van der Waals surface area contributed by atoms with Crippen LogP contribution < -0.4 is 0 Å². The van der Waals surface area contributed by atoms with E-state index in [9.17, 15) is 4.79 Å². The highest BCUT2D eigenvalue weighted by Crippen LogP contribution is 2.09. The van der Waals surface area contributed by atoms with Crippen molar-refractivity contribution < 1.29 is 9.53 Å². The van der Waals surface area contributed by atoms with Crippen LogP contribution in [0.1, 0.15) is 17.5 Å². The van der Waals surface area contributed by atoms with Crippen LogP contribution in [0.4, 0.5) is 0 Å². The van der Waals surface area contributed by atoms with Crippen molar-refractivity contribution in [2.75, 3.05) is 6.61 Å². The molecular weight excluding hydrogens is 192 g/mol. The van der Waals surface area contributed by atoms with Crippen LogP contribution in [0.3, 0.4) is 0 Å². The quantitative estimate of drug-likeness (QED) is 0.697. The second-order valence-corrected chi connectivity index (χ2v) is 2.97. The number of nitrogens with zero attached hydrogens (tertiary/aromatic N) is 2. The number of carbonyl (C=O) groups excluding carboxylic acids is 1. The van der Waals surface area contributed by atoms with Crippen LogP contribution in [0.5, 0.6) is 0 Å². The normalized spacial score (nSPS) is 10.2. The topological polar surface area (TPSA) is 52.1 Å². The minimum absolute atomic E-state index is 0.107. The fraction of sp³-hybridized carbons (Fsp3) is 0.182. The molecule has 0 unspecified atom stereocenters. The Balaban J connectivity index is 2.42. The maximum atomic E-state index is 11.3. The van der Waals surface area contributed by atoms with Crippen molar-refractivity contribution >= 4 is 16.9 Å². The second-order valence-electron chi connectivity index (χ2n) is 2.97. The molecule has 0 fully saturated rings. The number of fused-ring (bicyclic) bond motifs is 1. The Bertz CT molecular complexity index is 497. The van der Waals surface area contributed by atoms with Gasteiger partial charge in [0.2, 0.25) is 5.82 Å². The standard InChI is InChI=1S/C11H10N2O2/c1-2-15-11(14)10-12-7-8-5-3-4-6-9(8)13-10/h3-7H,2H2,1H3. The zero-order chi connectivity index (χ0) is 10.7. The summed E-state index contributed by atoms with van der Waals surface area (Å²) in [6.07, 6.45) is 1.62. The fourth-order valence-corrected chi connectivity index (χ4v) is 1.27. The molecule has 0 atom stereocenters. The van der Waals surface area contributed by atoms with Gasteiger partial charge in [0.25, 0.3) is 0 Å². The molecule has 2 aromatic rings. The first-order valence-electron chi connectivity index (χ1n) is 4.70. The highest BCUT2D eigenvalue weighted by molar-refractivity contribution is 5.88. The molecule has 0 bridgehead atoms. The molecule has 1 aromatic heterocycles. The van der Waals surface area contributed by atoms with Crippen molar-refractivity contribution in [1.29, 1.82) is 0 Å². The summed E-state index contributed by atoms with van der Waals surface area (Å²) >= 11 is 0. The summed E-state index contributed by atoms with van der Waals surface area (Å²) in [6.45, 7) is 2.08. The van der Waals surface area contributed by atoms with Crippen molar-refractivity contribution in [2.45, 2.75) is 6.92 Å². The van der Waals surface area contributed by atoms with Crippen LogP contribution in [-0.4, -0.2) is 22.5 Å². The van der Waals surface area contributed by atoms with Crippen molar-refractivity contribution in [1.82, 2.24) is 9.97 Å². The van der Waals surface area contributed by atoms with Crippen LogP contribution in [-0.2, 0) is 4.74 Å². The van der Waals surface area contributed by atoms with Crippen molar-refractivity contribution in [2.24, 2.45) is 0 Å². The minimum atomic E-state index is -0.483. The first kappa shape index (κ1) is 9.58. The third kappa shape index (κ3) is 1.93. The number of benzene rings is 1. The average Bonchev–Trinajstić information content (AvgIpc) is 2.29. The number of carbonyl (C=O) groups is 1. The molecule has 0 spiro atoms. The molecule has 0 amide bonds. The molecule has 0 aliphatic rings. The van der Waals surface area contributed by atoms with Gasteiger partial charge >= 0.3 is 5.97 Å². The largest absolute Gasteiger partial charge is 0.460 e. The minimum Gasteiger partial charge on any atom is -0.460 e. The Kier molecular flexibility index (Phi) is 2.58. The van der Waals surface area contributed by atoms with Gasteiger partial charge in [0, 0.05) is 11.6 Å². The van der Waals surface area contributed by atoms with E-state index in [0.29, 0.717) is 6.61 Å². The number of ether oxygens (including phenoxy) is 1. The average molecular weight is 202 g/mol. The maximum absolute atomic E-state index is 11.3. The van der Waals surface area contributed by atoms with Crippen LogP contribution in [0.25, 0.3) is 10.9 Å². The Morgan fingerprint density at radius 3 is 3.00 bits per heavy atom. The monoisotopic (exact) mass is 202 g/mol. The molecule has 0 saturated heterocycles. The predicted octanol–water partition coefficient (Wildman–Crippen LogP) is 1.81. The molecule has 0 radical (unpaired) electrons. The molecule has 1 heterocycles. The zero-order valence-electron chi connectivity index (χ0n) is 8.30. The smallest absolute Gasteiger partial charge is 0.376 e. The maximum Gasteiger partial charge on any atom is 0.376 e. The van der Waals surface area contributed by atoms with Crippen molar-refractivity contribution in [3.05, 3.63) is 36.3 Å². The molecule has 1 aromatic carbocycles. The Morgan fingerprint density at radius 2 is 2.20 bits per heavy atom. The van der Waals surface area contributed by atoms with E-state index in [-0.39, 0.29) is 5.82 Å². The summed E-state index contributed by atoms with van der Waals surface area (Å²) in [7, 11) is 0. The van der Waals surface area contributed by atoms with E-state index in [1.807, 2.05) is 24.3 Å². The number of hydrogen-bond acceptors (Lipinski definition) is 4. The summed E-state index contributed by atoms with van der Waals surface area (Å²) in [4.78, 5) is 19.4. The van der Waals surface area contributed by atoms with E-state index in [1.54, 1.807) is 13.1 Å². The lowest BCUT2D eigenvalue weighted by molar-refractivity contribution is 0.0512. The van der Waals surface area contributed by atoms with Gasteiger partial charge < -0.3 is 4.74 Å². The number of rotatable bonds is 2. The SMILES string of the molecule is CCOC(=O)c1ncc2ccccc2n1. The molecule has 4 nitrogen and oxygen atoms in total. The van der Waals surface area contributed by atoms with E-state index in [0.717, 1.165) is 10.9 Å². The molecule has 15 heavy (non-hydrogen) atoms. The van der Waals surface area contributed by atoms with Gasteiger partial charge in [0.1, 0.15) is 0 Å². The van der Waals surface area contributed by atoms with Gasteiger partial charge in [-0.3, -0.25) is 0 Å². The van der Waals surface area contributed by atoms with E-state index in [4.69, 9.17) is 4.74 Å². The molecule has 0 aliphatic heterocycles. The second kappa shape index (κ2) is 4.04. The Morgan fingerprint density at radius 1 is 1.40 bits per heavy atom. The van der Waals surface area contributed by atoms with Crippen LogP contribution in [0.15, 0.2) is 30.5 Å². The van der Waals surface area contributed by atoms with E-state index < -0.39 is 5.97 Å². The van der Waals surface area contributed by atoms with Gasteiger partial charge in [-0.05, 0) is 13.0 Å². The van der Waals surface area contributed by atoms with E-state index in [2.05, 4.69) is 9.97 Å². The van der Waals surface area contributed by atoms with Gasteiger partial charge in [0.05, 0.1) is 12.1 Å². The highest BCUT2D eigenvalue weighted by Gasteiger charge is 2.09. The van der Waals surface area contributed by atoms with Crippen LogP contribution in [0.2, 0.25) is 0 Å². The van der Waals surface area contributed by atoms with Crippen LogP contribution >= 0.6 is 0 Å². The molecule has 0 saturated carbocycles. The number of aromatic nitrogens is 2. The summed E-state index contributed by atoms with van der Waals surface area (Å²) < 4.78 is 4.81. The lowest BCUT2D eigenvalue weighted by Crippen LogP contribution is -2.09. The summed E-state index contributed by atoms with van der Waals surface area (Å²) in [6, 6.07) is 7.49. The predicted molar refractivity (Wildman–Crippen MR) is 55.5 cm³/mol. The molecule has 0 aliphatic carbocycles. The third-order valence-corrected chi connectivity index (χ3v) is 1.95. The lowest BCUT2D eigenvalue weighted by Gasteiger charge is -2.01. The molecule has 0 N–H and O–H groups in total. The van der Waals surface area contributed by atoms with E-state index in [1.165, 1.54) is 0 Å². The molecule has 2 rings (SSSR count). The number of para-hydroxylation sites is 1. The molecular formula is C11H10N2O2. The fourth-order valence-electron chi connectivity index (χ4n) is 1.27. The molecule has 4 heteroatoms. The third-order valence-electron chi connectivity index (χ3n) is 1.95. The van der Waals surface area contributed by atoms with E-state index >= 15 is 0 Å². The Hall–Kier alpha value is -1.97. The zero-order valence-corrected chi connectivity index (χ0v) is 8.30. The van der Waals surface area contributed by atoms with Gasteiger partial charge in [-0.25, -0.2) is 14.8 Å². The first-order valence-corrected chi connectivity index (χ1v) is 4.70. The lowest BCUT2D eigenvalue weighted by atomic mass is 10.2. The van der Waals surface area contributed by atoms with Crippen molar-refractivity contribution in [3.8, 4) is 0 Å². The first-order chi connectivity index (χ1) is 7.31. The summed E-state index contributed by atoms with van der Waals surface area (Å²) in [5.41, 5.74) is 0.746. The summed E-state index contributed by atoms with van der Waals surface area (Å²) in [5, 5.41) is 0.908. The van der Waals surface area contributed by atoms with Gasteiger partial charge in [-0.2, -0.15) is 0 Å². The van der Waals surface area contributed by atoms with Crippen molar-refractivity contribution in [3.63, 3.8) is 0 Å². The number of hydrogen-bond donors (Lipinski definition) is 0. The Labute approximate surface area is 86.9 Å².